The van der Waals surface area contributed by atoms with Gasteiger partial charge in [0.1, 0.15) is 5.82 Å². The van der Waals surface area contributed by atoms with Crippen molar-refractivity contribution in [2.24, 2.45) is 0 Å². The molecule has 0 aliphatic heterocycles. The second kappa shape index (κ2) is 7.79. The van der Waals surface area contributed by atoms with Crippen LogP contribution < -0.4 is 0 Å². The van der Waals surface area contributed by atoms with Gasteiger partial charge in [0, 0.05) is 5.88 Å². The molecular weight excluding hydrogens is 289 g/mol. The van der Waals surface area contributed by atoms with Crippen molar-refractivity contribution in [2.75, 3.05) is 12.5 Å². The first-order chi connectivity index (χ1) is 9.81. The van der Waals surface area contributed by atoms with Crippen LogP contribution >= 0.6 is 11.6 Å². The Morgan fingerprint density at radius 3 is 2.57 bits per heavy atom. The van der Waals surface area contributed by atoms with E-state index in [-0.39, 0.29) is 23.0 Å². The number of rotatable bonds is 6. The van der Waals surface area contributed by atoms with E-state index in [1.54, 1.807) is 6.07 Å². The van der Waals surface area contributed by atoms with Gasteiger partial charge in [0.05, 0.1) is 12.5 Å². The van der Waals surface area contributed by atoms with Gasteiger partial charge in [0.2, 0.25) is 0 Å². The molecule has 0 heterocycles. The van der Waals surface area contributed by atoms with Gasteiger partial charge in [-0.1, -0.05) is 32.9 Å². The van der Waals surface area contributed by atoms with Gasteiger partial charge in [-0.05, 0) is 42.4 Å². The number of alkyl halides is 1. The molecule has 4 heteroatoms. The SMILES string of the molecule is CCOC(=N)C(CCCCl)c1ccc(F)c(C(C)(C)C)c1. The molecule has 21 heavy (non-hydrogen) atoms. The number of ether oxygens (including phenoxy) is 1. The zero-order chi connectivity index (χ0) is 16.0. The Kier molecular flexibility index (Phi) is 6.66. The van der Waals surface area contributed by atoms with Crippen molar-refractivity contribution in [1.82, 2.24) is 0 Å². The molecule has 0 amide bonds. The minimum atomic E-state index is -0.273. The number of hydrogen-bond donors (Lipinski definition) is 1. The fourth-order valence-electron chi connectivity index (χ4n) is 2.32. The van der Waals surface area contributed by atoms with Gasteiger partial charge in [-0.15, -0.1) is 11.6 Å². The van der Waals surface area contributed by atoms with E-state index < -0.39 is 0 Å². The first-order valence-electron chi connectivity index (χ1n) is 7.38. The molecule has 0 fully saturated rings. The Labute approximate surface area is 132 Å². The van der Waals surface area contributed by atoms with Crippen molar-refractivity contribution in [3.8, 4) is 0 Å². The van der Waals surface area contributed by atoms with Crippen LogP contribution in [0, 0.1) is 11.2 Å². The summed E-state index contributed by atoms with van der Waals surface area (Å²) >= 11 is 5.77. The van der Waals surface area contributed by atoms with Crippen LogP contribution in [0.1, 0.15) is 57.6 Å². The van der Waals surface area contributed by atoms with Crippen molar-refractivity contribution in [1.29, 1.82) is 5.41 Å². The molecular formula is C17H25ClFNO. The van der Waals surface area contributed by atoms with E-state index in [9.17, 15) is 4.39 Å². The number of benzene rings is 1. The van der Waals surface area contributed by atoms with Crippen LogP contribution in [-0.4, -0.2) is 18.4 Å². The van der Waals surface area contributed by atoms with E-state index in [0.717, 1.165) is 18.4 Å². The summed E-state index contributed by atoms with van der Waals surface area (Å²) in [5, 5.41) is 8.08. The average Bonchev–Trinajstić information content (AvgIpc) is 2.39. The summed E-state index contributed by atoms with van der Waals surface area (Å²) < 4.78 is 19.4. The van der Waals surface area contributed by atoms with Gasteiger partial charge in [0.15, 0.2) is 5.90 Å². The third kappa shape index (κ3) is 4.99. The Bertz CT molecular complexity index is 482. The highest BCUT2D eigenvalue weighted by Gasteiger charge is 2.23. The van der Waals surface area contributed by atoms with Gasteiger partial charge in [-0.3, -0.25) is 5.41 Å². The molecule has 0 aliphatic rings. The van der Waals surface area contributed by atoms with Crippen LogP contribution in [0.15, 0.2) is 18.2 Å². The Morgan fingerprint density at radius 1 is 1.38 bits per heavy atom. The second-order valence-electron chi connectivity index (χ2n) is 6.17. The minimum Gasteiger partial charge on any atom is -0.481 e. The normalized spacial score (nSPS) is 13.0. The van der Waals surface area contributed by atoms with Crippen LogP contribution in [0.2, 0.25) is 0 Å². The van der Waals surface area contributed by atoms with Crippen molar-refractivity contribution < 1.29 is 9.13 Å². The summed E-state index contributed by atoms with van der Waals surface area (Å²) in [7, 11) is 0. The summed E-state index contributed by atoms with van der Waals surface area (Å²) in [5.41, 5.74) is 1.32. The summed E-state index contributed by atoms with van der Waals surface area (Å²) in [4.78, 5) is 0. The first kappa shape index (κ1) is 18.0. The topological polar surface area (TPSA) is 33.1 Å². The number of hydrogen-bond acceptors (Lipinski definition) is 2. The lowest BCUT2D eigenvalue weighted by Crippen LogP contribution is -2.18. The van der Waals surface area contributed by atoms with Gasteiger partial charge >= 0.3 is 0 Å². The molecule has 1 unspecified atom stereocenters. The average molecular weight is 314 g/mol. The van der Waals surface area contributed by atoms with Crippen LogP contribution in [0.5, 0.6) is 0 Å². The Hall–Kier alpha value is -1.09. The highest BCUT2D eigenvalue weighted by Crippen LogP contribution is 2.31. The Morgan fingerprint density at radius 2 is 2.05 bits per heavy atom. The lowest BCUT2D eigenvalue weighted by Gasteiger charge is -2.24. The molecule has 0 saturated carbocycles. The van der Waals surface area contributed by atoms with E-state index in [1.807, 2.05) is 33.8 Å². The van der Waals surface area contributed by atoms with Crippen LogP contribution in [0.3, 0.4) is 0 Å². The molecule has 1 atom stereocenters. The molecule has 0 aromatic heterocycles. The van der Waals surface area contributed by atoms with Crippen LogP contribution in [-0.2, 0) is 10.2 Å². The van der Waals surface area contributed by atoms with E-state index in [0.29, 0.717) is 18.1 Å². The van der Waals surface area contributed by atoms with E-state index in [4.69, 9.17) is 21.7 Å². The minimum absolute atomic E-state index is 0.162. The molecule has 0 spiro atoms. The molecule has 1 aromatic rings. The highest BCUT2D eigenvalue weighted by atomic mass is 35.5. The lowest BCUT2D eigenvalue weighted by atomic mass is 9.83. The quantitative estimate of drug-likeness (QED) is 0.435. The molecule has 0 aliphatic carbocycles. The fourth-order valence-corrected chi connectivity index (χ4v) is 2.48. The van der Waals surface area contributed by atoms with Gasteiger partial charge in [0.25, 0.3) is 0 Å². The maximum Gasteiger partial charge on any atom is 0.188 e. The van der Waals surface area contributed by atoms with Gasteiger partial charge in [-0.25, -0.2) is 4.39 Å². The van der Waals surface area contributed by atoms with Gasteiger partial charge < -0.3 is 4.74 Å². The highest BCUT2D eigenvalue weighted by molar-refractivity contribution is 6.17. The maximum atomic E-state index is 14.0. The third-order valence-corrected chi connectivity index (χ3v) is 3.71. The monoisotopic (exact) mass is 313 g/mol. The largest absolute Gasteiger partial charge is 0.481 e. The Balaban J connectivity index is 3.15. The molecule has 118 valence electrons. The number of halogens is 2. The molecule has 0 saturated heterocycles. The van der Waals surface area contributed by atoms with E-state index >= 15 is 0 Å². The number of nitrogens with one attached hydrogen (secondary N) is 1. The third-order valence-electron chi connectivity index (χ3n) is 3.44. The first-order valence-corrected chi connectivity index (χ1v) is 7.91. The molecule has 1 N–H and O–H groups in total. The van der Waals surface area contributed by atoms with Crippen molar-refractivity contribution >= 4 is 17.5 Å². The predicted molar refractivity (Wildman–Crippen MR) is 87.1 cm³/mol. The summed E-state index contributed by atoms with van der Waals surface area (Å²) in [6, 6.07) is 5.10. The summed E-state index contributed by atoms with van der Waals surface area (Å²) in [6.07, 6.45) is 1.53. The summed E-state index contributed by atoms with van der Waals surface area (Å²) in [5.74, 6) is 0.410. The molecule has 0 bridgehead atoms. The molecule has 0 radical (unpaired) electrons. The molecule has 2 nitrogen and oxygen atoms in total. The van der Waals surface area contributed by atoms with Crippen molar-refractivity contribution in [3.63, 3.8) is 0 Å². The smallest absolute Gasteiger partial charge is 0.188 e. The zero-order valence-electron chi connectivity index (χ0n) is 13.3. The second-order valence-corrected chi connectivity index (χ2v) is 6.55. The zero-order valence-corrected chi connectivity index (χ0v) is 14.1. The summed E-state index contributed by atoms with van der Waals surface area (Å²) in [6.45, 7) is 8.27. The molecule has 1 aromatic carbocycles. The van der Waals surface area contributed by atoms with E-state index in [2.05, 4.69) is 0 Å². The van der Waals surface area contributed by atoms with Gasteiger partial charge in [-0.2, -0.15) is 0 Å². The van der Waals surface area contributed by atoms with Crippen molar-refractivity contribution in [3.05, 3.63) is 35.1 Å². The van der Waals surface area contributed by atoms with Crippen LogP contribution in [0.25, 0.3) is 0 Å². The lowest BCUT2D eigenvalue weighted by molar-refractivity contribution is 0.305. The van der Waals surface area contributed by atoms with Crippen LogP contribution in [0.4, 0.5) is 4.39 Å². The standard InChI is InChI=1S/C17H25ClFNO/c1-5-21-16(20)13(7-6-10-18)12-8-9-15(19)14(11-12)17(2,3)4/h8-9,11,13,20H,5-7,10H2,1-4H3. The predicted octanol–water partition coefficient (Wildman–Crippen LogP) is 5.24. The van der Waals surface area contributed by atoms with Crippen molar-refractivity contribution in [2.45, 2.75) is 51.9 Å². The molecule has 1 rings (SSSR count). The van der Waals surface area contributed by atoms with E-state index in [1.165, 1.54) is 6.07 Å². The maximum absolute atomic E-state index is 14.0. The fraction of sp³-hybridized carbons (Fsp3) is 0.588.